The SMILES string of the molecule is Cn1cc(C2CN(Cc3ccc(Oc4ccccc4)o3)CCO2)cn1. The molecule has 3 aromatic rings. The first kappa shape index (κ1) is 15.9. The number of morpholine rings is 1. The van der Waals surface area contributed by atoms with Crippen molar-refractivity contribution in [3.05, 3.63) is 66.2 Å². The van der Waals surface area contributed by atoms with E-state index in [-0.39, 0.29) is 6.10 Å². The number of hydrogen-bond donors (Lipinski definition) is 0. The molecule has 1 aromatic carbocycles. The molecule has 4 rings (SSSR count). The number of benzene rings is 1. The second-order valence-electron chi connectivity index (χ2n) is 6.18. The number of para-hydroxylation sites is 1. The monoisotopic (exact) mass is 339 g/mol. The summed E-state index contributed by atoms with van der Waals surface area (Å²) in [5.41, 5.74) is 1.11. The molecule has 1 saturated heterocycles. The molecule has 1 aliphatic heterocycles. The van der Waals surface area contributed by atoms with Crippen LogP contribution >= 0.6 is 0 Å². The Bertz CT molecular complexity index is 812. The lowest BCUT2D eigenvalue weighted by molar-refractivity contribution is -0.0348. The van der Waals surface area contributed by atoms with Crippen molar-refractivity contribution in [2.24, 2.45) is 7.05 Å². The highest BCUT2D eigenvalue weighted by Gasteiger charge is 2.23. The summed E-state index contributed by atoms with van der Waals surface area (Å²) in [7, 11) is 1.92. The molecule has 0 radical (unpaired) electrons. The van der Waals surface area contributed by atoms with Crippen LogP contribution in [0.15, 0.2) is 59.3 Å². The zero-order chi connectivity index (χ0) is 17.1. The molecule has 0 amide bonds. The molecular weight excluding hydrogens is 318 g/mol. The molecule has 1 unspecified atom stereocenters. The molecule has 0 saturated carbocycles. The smallest absolute Gasteiger partial charge is 0.290 e. The van der Waals surface area contributed by atoms with Gasteiger partial charge in [-0.1, -0.05) is 18.2 Å². The second kappa shape index (κ2) is 7.13. The van der Waals surface area contributed by atoms with E-state index >= 15 is 0 Å². The normalized spacial score (nSPS) is 18.4. The molecule has 3 heterocycles. The average Bonchev–Trinajstić information content (AvgIpc) is 3.25. The van der Waals surface area contributed by atoms with Gasteiger partial charge in [-0.15, -0.1) is 0 Å². The van der Waals surface area contributed by atoms with Crippen molar-refractivity contribution in [1.29, 1.82) is 0 Å². The van der Waals surface area contributed by atoms with Crippen molar-refractivity contribution in [1.82, 2.24) is 14.7 Å². The lowest BCUT2D eigenvalue weighted by Gasteiger charge is -2.31. The highest BCUT2D eigenvalue weighted by Crippen LogP contribution is 2.26. The number of furan rings is 1. The van der Waals surface area contributed by atoms with E-state index < -0.39 is 0 Å². The van der Waals surface area contributed by atoms with Crippen molar-refractivity contribution < 1.29 is 13.9 Å². The molecule has 2 aromatic heterocycles. The van der Waals surface area contributed by atoms with E-state index in [1.54, 1.807) is 4.68 Å². The summed E-state index contributed by atoms with van der Waals surface area (Å²) in [5.74, 6) is 2.17. The van der Waals surface area contributed by atoms with Crippen molar-refractivity contribution >= 4 is 0 Å². The number of nitrogens with zero attached hydrogens (tertiary/aromatic N) is 3. The minimum absolute atomic E-state index is 0.0532. The summed E-state index contributed by atoms with van der Waals surface area (Å²) in [6.07, 6.45) is 3.93. The average molecular weight is 339 g/mol. The molecule has 6 heteroatoms. The molecule has 130 valence electrons. The fourth-order valence-electron chi connectivity index (χ4n) is 2.98. The highest BCUT2D eigenvalue weighted by molar-refractivity contribution is 5.26. The minimum Gasteiger partial charge on any atom is -0.429 e. The van der Waals surface area contributed by atoms with Crippen LogP contribution in [0.5, 0.6) is 11.7 Å². The maximum Gasteiger partial charge on any atom is 0.290 e. The Kier molecular flexibility index (Phi) is 4.54. The van der Waals surface area contributed by atoms with Gasteiger partial charge in [0.25, 0.3) is 5.95 Å². The van der Waals surface area contributed by atoms with Gasteiger partial charge in [0.1, 0.15) is 11.5 Å². The van der Waals surface area contributed by atoms with Crippen LogP contribution in [-0.2, 0) is 18.3 Å². The van der Waals surface area contributed by atoms with Gasteiger partial charge in [-0.25, -0.2) is 0 Å². The maximum absolute atomic E-state index is 5.88. The summed E-state index contributed by atoms with van der Waals surface area (Å²) >= 11 is 0. The number of aromatic nitrogens is 2. The first-order valence-electron chi connectivity index (χ1n) is 8.40. The second-order valence-corrected chi connectivity index (χ2v) is 6.18. The molecule has 0 N–H and O–H groups in total. The van der Waals surface area contributed by atoms with E-state index in [1.165, 1.54) is 0 Å². The topological polar surface area (TPSA) is 52.7 Å². The zero-order valence-corrected chi connectivity index (χ0v) is 14.2. The van der Waals surface area contributed by atoms with Gasteiger partial charge < -0.3 is 13.9 Å². The Morgan fingerprint density at radius 2 is 2.08 bits per heavy atom. The first-order valence-corrected chi connectivity index (χ1v) is 8.40. The molecule has 0 spiro atoms. The molecular formula is C19H21N3O3. The molecule has 6 nitrogen and oxygen atoms in total. The van der Waals surface area contributed by atoms with Crippen LogP contribution in [0.1, 0.15) is 17.4 Å². The Morgan fingerprint density at radius 3 is 2.88 bits per heavy atom. The summed E-state index contributed by atoms with van der Waals surface area (Å²) in [6.45, 7) is 3.14. The Hall–Kier alpha value is -2.57. The predicted octanol–water partition coefficient (Wildman–Crippen LogP) is 3.38. The fraction of sp³-hybridized carbons (Fsp3) is 0.316. The summed E-state index contributed by atoms with van der Waals surface area (Å²) < 4.78 is 19.2. The third kappa shape index (κ3) is 3.92. The van der Waals surface area contributed by atoms with Crippen LogP contribution in [0.25, 0.3) is 0 Å². The molecule has 25 heavy (non-hydrogen) atoms. The quantitative estimate of drug-likeness (QED) is 0.713. The minimum atomic E-state index is 0.0532. The lowest BCUT2D eigenvalue weighted by Crippen LogP contribution is -2.37. The van der Waals surface area contributed by atoms with Gasteiger partial charge in [-0.05, 0) is 18.2 Å². The van der Waals surface area contributed by atoms with E-state index in [2.05, 4.69) is 10.00 Å². The van der Waals surface area contributed by atoms with Crippen LogP contribution in [0.2, 0.25) is 0 Å². The Balaban J connectivity index is 1.37. The van der Waals surface area contributed by atoms with E-state index in [9.17, 15) is 0 Å². The van der Waals surface area contributed by atoms with Gasteiger partial charge >= 0.3 is 0 Å². The number of rotatable bonds is 5. The maximum atomic E-state index is 5.88. The van der Waals surface area contributed by atoms with Crippen LogP contribution in [0, 0.1) is 0 Å². The van der Waals surface area contributed by atoms with Gasteiger partial charge in [0, 0.05) is 38.0 Å². The van der Waals surface area contributed by atoms with Gasteiger partial charge in [0.05, 0.1) is 25.5 Å². The fourth-order valence-corrected chi connectivity index (χ4v) is 2.98. The molecule has 1 atom stereocenters. The van der Waals surface area contributed by atoms with Crippen molar-refractivity contribution in [3.63, 3.8) is 0 Å². The summed E-state index contributed by atoms with van der Waals surface area (Å²) in [5, 5.41) is 4.23. The third-order valence-corrected chi connectivity index (χ3v) is 4.23. The Morgan fingerprint density at radius 1 is 1.20 bits per heavy atom. The van der Waals surface area contributed by atoms with Crippen molar-refractivity contribution in [2.75, 3.05) is 19.7 Å². The molecule has 0 aliphatic carbocycles. The zero-order valence-electron chi connectivity index (χ0n) is 14.2. The van der Waals surface area contributed by atoms with Gasteiger partial charge in [0.15, 0.2) is 0 Å². The predicted molar refractivity (Wildman–Crippen MR) is 92.4 cm³/mol. The van der Waals surface area contributed by atoms with Gasteiger partial charge in [-0.2, -0.15) is 5.10 Å². The van der Waals surface area contributed by atoms with Crippen molar-refractivity contribution in [3.8, 4) is 11.7 Å². The van der Waals surface area contributed by atoms with E-state index in [0.717, 1.165) is 36.7 Å². The Labute approximate surface area is 146 Å². The third-order valence-electron chi connectivity index (χ3n) is 4.23. The van der Waals surface area contributed by atoms with Crippen LogP contribution in [0.4, 0.5) is 0 Å². The van der Waals surface area contributed by atoms with Gasteiger partial charge in [-0.3, -0.25) is 9.58 Å². The first-order chi connectivity index (χ1) is 12.3. The largest absolute Gasteiger partial charge is 0.429 e. The summed E-state index contributed by atoms with van der Waals surface area (Å²) in [4.78, 5) is 2.33. The van der Waals surface area contributed by atoms with Crippen molar-refractivity contribution in [2.45, 2.75) is 12.6 Å². The standard InChI is InChI=1S/C19H21N3O3/c1-21-12-15(11-20-21)18-14-22(9-10-23-18)13-17-7-8-19(25-17)24-16-5-3-2-4-6-16/h2-8,11-12,18H,9-10,13-14H2,1H3. The molecule has 1 fully saturated rings. The molecule has 0 bridgehead atoms. The highest BCUT2D eigenvalue weighted by atomic mass is 16.6. The van der Waals surface area contributed by atoms with E-state index in [1.807, 2.05) is 61.9 Å². The van der Waals surface area contributed by atoms with E-state index in [4.69, 9.17) is 13.9 Å². The van der Waals surface area contributed by atoms with Crippen LogP contribution < -0.4 is 4.74 Å². The number of ether oxygens (including phenoxy) is 2. The number of aryl methyl sites for hydroxylation is 1. The van der Waals surface area contributed by atoms with E-state index in [0.29, 0.717) is 12.6 Å². The number of hydrogen-bond acceptors (Lipinski definition) is 5. The van der Waals surface area contributed by atoms with Gasteiger partial charge in [0.2, 0.25) is 0 Å². The lowest BCUT2D eigenvalue weighted by atomic mass is 10.1. The summed E-state index contributed by atoms with van der Waals surface area (Å²) in [6, 6.07) is 13.5. The van der Waals surface area contributed by atoms with Crippen LogP contribution in [0.3, 0.4) is 0 Å². The molecule has 1 aliphatic rings. The van der Waals surface area contributed by atoms with Crippen LogP contribution in [-0.4, -0.2) is 34.4 Å².